The predicted octanol–water partition coefficient (Wildman–Crippen LogP) is 4.62. The number of benzene rings is 3. The molecule has 2 amide bonds. The molecule has 3 aromatic rings. The molecule has 0 fully saturated rings. The third-order valence-electron chi connectivity index (χ3n) is 6.48. The van der Waals surface area contributed by atoms with Crippen LogP contribution in [0.2, 0.25) is 0 Å². The lowest BCUT2D eigenvalue weighted by Gasteiger charge is -2.32. The number of carbonyl (C=O) groups excluding carboxylic acids is 2. The number of halogens is 1. The number of hydrogen-bond acceptors (Lipinski definition) is 6. The van der Waals surface area contributed by atoms with Crippen molar-refractivity contribution in [3.63, 3.8) is 0 Å². The normalized spacial score (nSPS) is 12.0. The van der Waals surface area contributed by atoms with Gasteiger partial charge in [-0.25, -0.2) is 12.8 Å². The summed E-state index contributed by atoms with van der Waals surface area (Å²) in [6.45, 7) is 7.64. The van der Waals surface area contributed by atoms with Crippen molar-refractivity contribution in [2.75, 3.05) is 31.1 Å². The summed E-state index contributed by atoms with van der Waals surface area (Å²) in [7, 11) is -2.77. The third-order valence-corrected chi connectivity index (χ3v) is 8.27. The molecule has 1 unspecified atom stereocenters. The molecule has 0 aliphatic carbocycles. The summed E-state index contributed by atoms with van der Waals surface area (Å²) in [6.07, 6.45) is 0. The Hall–Kier alpha value is -4.12. The van der Waals surface area contributed by atoms with Gasteiger partial charge in [0.05, 0.1) is 24.3 Å². The molecule has 0 spiro atoms. The largest absolute Gasteiger partial charge is 0.497 e. The van der Waals surface area contributed by atoms with Gasteiger partial charge in [0.15, 0.2) is 0 Å². The molecule has 11 heteroatoms. The molecule has 9 nitrogen and oxygen atoms in total. The molecule has 0 saturated heterocycles. The maximum atomic E-state index is 14.0. The van der Waals surface area contributed by atoms with Gasteiger partial charge in [-0.3, -0.25) is 13.9 Å². The van der Waals surface area contributed by atoms with Crippen LogP contribution < -0.4 is 19.1 Å². The van der Waals surface area contributed by atoms with Crippen LogP contribution >= 0.6 is 0 Å². The van der Waals surface area contributed by atoms with Gasteiger partial charge in [-0.05, 0) is 86.0 Å². The fraction of sp³-hybridized carbons (Fsp3) is 0.355. The Bertz CT molecular complexity index is 1430. The first-order valence-corrected chi connectivity index (χ1v) is 15.1. The van der Waals surface area contributed by atoms with Crippen LogP contribution in [0.3, 0.4) is 0 Å². The summed E-state index contributed by atoms with van der Waals surface area (Å²) in [5.41, 5.74) is 0.930. The molecular formula is C31H38FN3O6S. The molecule has 0 aromatic heterocycles. The second-order valence-corrected chi connectivity index (χ2v) is 11.9. The Morgan fingerprint density at radius 3 is 2.05 bits per heavy atom. The molecule has 42 heavy (non-hydrogen) atoms. The molecule has 0 heterocycles. The summed E-state index contributed by atoms with van der Waals surface area (Å²) >= 11 is 0. The lowest BCUT2D eigenvalue weighted by Crippen LogP contribution is -2.51. The van der Waals surface area contributed by atoms with E-state index in [1.165, 1.54) is 17.0 Å². The Morgan fingerprint density at radius 2 is 1.50 bits per heavy atom. The Morgan fingerprint density at radius 1 is 0.905 bits per heavy atom. The maximum Gasteiger partial charge on any atom is 0.264 e. The molecule has 0 radical (unpaired) electrons. The summed E-state index contributed by atoms with van der Waals surface area (Å²) < 4.78 is 53.0. The molecule has 3 rings (SSSR count). The highest BCUT2D eigenvalue weighted by Gasteiger charge is 2.32. The van der Waals surface area contributed by atoms with Gasteiger partial charge in [-0.2, -0.15) is 0 Å². The van der Waals surface area contributed by atoms with E-state index >= 15 is 0 Å². The number of sulfonamides is 1. The van der Waals surface area contributed by atoms with E-state index < -0.39 is 34.3 Å². The van der Waals surface area contributed by atoms with Crippen molar-refractivity contribution in [1.29, 1.82) is 0 Å². The average Bonchev–Trinajstić information content (AvgIpc) is 2.98. The van der Waals surface area contributed by atoms with Crippen LogP contribution in [0.4, 0.5) is 10.1 Å². The number of rotatable bonds is 14. The van der Waals surface area contributed by atoms with Gasteiger partial charge in [0.2, 0.25) is 11.8 Å². The smallest absolute Gasteiger partial charge is 0.264 e. The summed E-state index contributed by atoms with van der Waals surface area (Å²) in [6, 6.07) is 16.8. The van der Waals surface area contributed by atoms with Crippen molar-refractivity contribution in [2.24, 2.45) is 5.92 Å². The van der Waals surface area contributed by atoms with Crippen LogP contribution in [0.1, 0.15) is 33.3 Å². The molecule has 1 atom stereocenters. The van der Waals surface area contributed by atoms with Crippen molar-refractivity contribution >= 4 is 27.5 Å². The second-order valence-electron chi connectivity index (χ2n) is 10.1. The van der Waals surface area contributed by atoms with E-state index in [4.69, 9.17) is 9.47 Å². The summed E-state index contributed by atoms with van der Waals surface area (Å²) in [4.78, 5) is 28.2. The fourth-order valence-electron chi connectivity index (χ4n) is 4.10. The quantitative estimate of drug-likeness (QED) is 0.290. The highest BCUT2D eigenvalue weighted by atomic mass is 32.2. The minimum absolute atomic E-state index is 0.0484. The minimum Gasteiger partial charge on any atom is -0.497 e. The molecule has 0 saturated carbocycles. The Labute approximate surface area is 247 Å². The van der Waals surface area contributed by atoms with E-state index in [-0.39, 0.29) is 29.0 Å². The topological polar surface area (TPSA) is 105 Å². The predicted molar refractivity (Wildman–Crippen MR) is 159 cm³/mol. The fourth-order valence-corrected chi connectivity index (χ4v) is 5.51. The lowest BCUT2D eigenvalue weighted by atomic mass is 10.1. The molecule has 0 aliphatic rings. The van der Waals surface area contributed by atoms with Gasteiger partial charge in [0.25, 0.3) is 10.0 Å². The van der Waals surface area contributed by atoms with Crippen LogP contribution in [-0.2, 0) is 26.2 Å². The maximum absolute atomic E-state index is 14.0. The zero-order valence-corrected chi connectivity index (χ0v) is 25.4. The first-order chi connectivity index (χ1) is 20.0. The minimum atomic E-state index is -4.31. The molecule has 3 aromatic carbocycles. The van der Waals surface area contributed by atoms with E-state index in [1.807, 2.05) is 20.8 Å². The number of nitrogens with zero attached hydrogens (tertiary/aromatic N) is 2. The summed E-state index contributed by atoms with van der Waals surface area (Å²) in [5, 5.41) is 2.85. The Balaban J connectivity index is 2.01. The molecule has 0 bridgehead atoms. The van der Waals surface area contributed by atoms with E-state index in [0.29, 0.717) is 24.7 Å². The van der Waals surface area contributed by atoms with Crippen LogP contribution in [0, 0.1) is 11.7 Å². The van der Waals surface area contributed by atoms with E-state index in [9.17, 15) is 22.4 Å². The van der Waals surface area contributed by atoms with Crippen molar-refractivity contribution in [3.05, 3.63) is 84.2 Å². The van der Waals surface area contributed by atoms with Crippen LogP contribution in [0.5, 0.6) is 11.5 Å². The molecule has 226 valence electrons. The van der Waals surface area contributed by atoms with Gasteiger partial charge in [-0.15, -0.1) is 0 Å². The first kappa shape index (κ1) is 32.4. The standard InChI is InChI=1S/C31H38FN3O6S/c1-6-41-28-15-11-26(12-16-28)35(42(38,39)29-17-9-25(32)10-18-29)21-30(36)34(23(4)31(37)33-19-22(2)3)20-24-7-13-27(40-5)14-8-24/h7-18,22-23H,6,19-21H2,1-5H3,(H,33,37). The number of anilines is 1. The number of carbonyl (C=O) groups is 2. The van der Waals surface area contributed by atoms with Gasteiger partial charge in [-0.1, -0.05) is 26.0 Å². The van der Waals surface area contributed by atoms with Gasteiger partial charge in [0, 0.05) is 13.1 Å². The third kappa shape index (κ3) is 8.45. The SMILES string of the molecule is CCOc1ccc(N(CC(=O)N(Cc2ccc(OC)cc2)C(C)C(=O)NCC(C)C)S(=O)(=O)c2ccc(F)cc2)cc1. The van der Waals surface area contributed by atoms with Gasteiger partial charge < -0.3 is 19.7 Å². The Kier molecular flexibility index (Phi) is 11.3. The van der Waals surface area contributed by atoms with Crippen molar-refractivity contribution in [2.45, 2.75) is 45.2 Å². The van der Waals surface area contributed by atoms with Crippen LogP contribution in [0.15, 0.2) is 77.7 Å². The van der Waals surface area contributed by atoms with Crippen molar-refractivity contribution < 1.29 is 31.9 Å². The number of ether oxygens (including phenoxy) is 2. The monoisotopic (exact) mass is 599 g/mol. The van der Waals surface area contributed by atoms with Crippen molar-refractivity contribution in [3.8, 4) is 11.5 Å². The van der Waals surface area contributed by atoms with Crippen LogP contribution in [-0.4, -0.2) is 58.0 Å². The van der Waals surface area contributed by atoms with Crippen molar-refractivity contribution in [1.82, 2.24) is 10.2 Å². The zero-order chi connectivity index (χ0) is 30.9. The van der Waals surface area contributed by atoms with E-state index in [1.54, 1.807) is 50.4 Å². The van der Waals surface area contributed by atoms with Crippen LogP contribution in [0.25, 0.3) is 0 Å². The van der Waals surface area contributed by atoms with Gasteiger partial charge in [0.1, 0.15) is 29.9 Å². The average molecular weight is 600 g/mol. The molecule has 0 aliphatic heterocycles. The van der Waals surface area contributed by atoms with E-state index in [2.05, 4.69) is 5.32 Å². The number of amides is 2. The molecular weight excluding hydrogens is 561 g/mol. The first-order valence-electron chi connectivity index (χ1n) is 13.7. The second kappa shape index (κ2) is 14.7. The zero-order valence-electron chi connectivity index (χ0n) is 24.5. The lowest BCUT2D eigenvalue weighted by molar-refractivity contribution is -0.139. The number of methoxy groups -OCH3 is 1. The molecule has 1 N–H and O–H groups in total. The number of nitrogens with one attached hydrogen (secondary N) is 1. The van der Waals surface area contributed by atoms with Gasteiger partial charge >= 0.3 is 0 Å². The highest BCUT2D eigenvalue weighted by Crippen LogP contribution is 2.27. The highest BCUT2D eigenvalue weighted by molar-refractivity contribution is 7.92. The number of hydrogen-bond donors (Lipinski definition) is 1. The summed E-state index contributed by atoms with van der Waals surface area (Å²) in [5.74, 6) is -0.195. The van der Waals surface area contributed by atoms with E-state index in [0.717, 1.165) is 34.1 Å².